The molecule has 6 nitrogen and oxygen atoms in total. The van der Waals surface area contributed by atoms with Gasteiger partial charge in [0.2, 0.25) is 0 Å². The Balaban J connectivity index is 3.66. The Labute approximate surface area is 250 Å². The van der Waals surface area contributed by atoms with Crippen molar-refractivity contribution in [1.82, 2.24) is 0 Å². The van der Waals surface area contributed by atoms with E-state index < -0.39 is 6.10 Å². The summed E-state index contributed by atoms with van der Waals surface area (Å²) in [5, 5.41) is 9.92. The number of unbranched alkanes of at least 4 members (excludes halogenated alkanes) is 11. The van der Waals surface area contributed by atoms with Crippen LogP contribution in [0.5, 0.6) is 0 Å². The Morgan fingerprint density at radius 1 is 0.585 bits per heavy atom. The Kier molecular flexibility index (Phi) is 28.7. The van der Waals surface area contributed by atoms with Gasteiger partial charge in [0.25, 0.3) is 0 Å². The molecule has 1 N–H and O–H groups in total. The van der Waals surface area contributed by atoms with Crippen LogP contribution in [0.1, 0.15) is 136 Å². The molecule has 0 aliphatic heterocycles. The van der Waals surface area contributed by atoms with Crippen LogP contribution < -0.4 is 0 Å². The fourth-order valence-corrected chi connectivity index (χ4v) is 4.03. The summed E-state index contributed by atoms with van der Waals surface area (Å²) in [7, 11) is 0. The summed E-state index contributed by atoms with van der Waals surface area (Å²) < 4.78 is 10.2. The van der Waals surface area contributed by atoms with Gasteiger partial charge >= 0.3 is 11.9 Å². The molecule has 6 heteroatoms. The van der Waals surface area contributed by atoms with E-state index in [-0.39, 0.29) is 37.4 Å². The van der Waals surface area contributed by atoms with Crippen molar-refractivity contribution in [1.29, 1.82) is 0 Å². The van der Waals surface area contributed by atoms with E-state index in [1.54, 1.807) is 6.08 Å². The number of ketones is 1. The first-order valence-electron chi connectivity index (χ1n) is 16.1. The van der Waals surface area contributed by atoms with Gasteiger partial charge < -0.3 is 14.6 Å². The highest BCUT2D eigenvalue weighted by Gasteiger charge is 2.11. The first-order chi connectivity index (χ1) is 20.0. The summed E-state index contributed by atoms with van der Waals surface area (Å²) in [6.07, 6.45) is 32.9. The van der Waals surface area contributed by atoms with E-state index >= 15 is 0 Å². The number of aliphatic hydroxyl groups is 1. The molecular weight excluding hydrogens is 516 g/mol. The fourth-order valence-electron chi connectivity index (χ4n) is 4.03. The van der Waals surface area contributed by atoms with E-state index in [9.17, 15) is 19.5 Å². The van der Waals surface area contributed by atoms with Crippen molar-refractivity contribution in [3.8, 4) is 0 Å². The maximum absolute atomic E-state index is 11.9. The second-order valence-corrected chi connectivity index (χ2v) is 10.6. The molecule has 0 rings (SSSR count). The van der Waals surface area contributed by atoms with Gasteiger partial charge in [-0.25, -0.2) is 0 Å². The van der Waals surface area contributed by atoms with Gasteiger partial charge in [-0.1, -0.05) is 121 Å². The highest BCUT2D eigenvalue weighted by Crippen LogP contribution is 2.11. The molecule has 0 amide bonds. The summed E-state index contributed by atoms with van der Waals surface area (Å²) in [5.41, 5.74) is 0. The van der Waals surface area contributed by atoms with Gasteiger partial charge in [-0.2, -0.15) is 0 Å². The number of carbonyl (C=O) groups excluding carboxylic acids is 3. The first-order valence-corrected chi connectivity index (χ1v) is 16.1. The average Bonchev–Trinajstić information content (AvgIpc) is 2.96. The third-order valence-corrected chi connectivity index (χ3v) is 6.54. The van der Waals surface area contributed by atoms with Gasteiger partial charge in [0, 0.05) is 19.3 Å². The summed E-state index contributed by atoms with van der Waals surface area (Å²) in [6, 6.07) is 0. The van der Waals surface area contributed by atoms with E-state index in [1.165, 1.54) is 38.5 Å². The largest absolute Gasteiger partial charge is 0.463 e. The van der Waals surface area contributed by atoms with Crippen LogP contribution in [0.2, 0.25) is 0 Å². The Hall–Kier alpha value is -2.47. The number of esters is 2. The number of hydrogen-bond donors (Lipinski definition) is 1. The molecule has 0 aromatic rings. The normalized spacial score (nSPS) is 12.7. The topological polar surface area (TPSA) is 89.9 Å². The zero-order chi connectivity index (χ0) is 30.2. The third kappa shape index (κ3) is 30.3. The summed E-state index contributed by atoms with van der Waals surface area (Å²) in [5.74, 6) is -0.483. The molecule has 0 spiro atoms. The molecular formula is C35H58O6. The van der Waals surface area contributed by atoms with Crippen molar-refractivity contribution in [3.63, 3.8) is 0 Å². The summed E-state index contributed by atoms with van der Waals surface area (Å²) in [4.78, 5) is 35.3. The number of hydrogen-bond acceptors (Lipinski definition) is 6. The quantitative estimate of drug-likeness (QED) is 0.0330. The second kappa shape index (κ2) is 30.5. The highest BCUT2D eigenvalue weighted by molar-refractivity contribution is 5.89. The van der Waals surface area contributed by atoms with Crippen molar-refractivity contribution in [2.75, 3.05) is 13.2 Å². The Morgan fingerprint density at radius 3 is 1.71 bits per heavy atom. The molecule has 0 saturated carbocycles. The molecule has 0 heterocycles. The lowest BCUT2D eigenvalue weighted by Crippen LogP contribution is -2.25. The molecule has 0 aliphatic rings. The van der Waals surface area contributed by atoms with E-state index in [2.05, 4.69) is 32.1 Å². The first kappa shape index (κ1) is 38.5. The van der Waals surface area contributed by atoms with Crippen LogP contribution in [-0.4, -0.2) is 42.1 Å². The lowest BCUT2D eigenvalue weighted by molar-refractivity contribution is -0.152. The van der Waals surface area contributed by atoms with Gasteiger partial charge in [-0.05, 0) is 44.6 Å². The molecule has 41 heavy (non-hydrogen) atoms. The molecule has 0 unspecified atom stereocenters. The number of carbonyl (C=O) groups is 3. The molecule has 0 radical (unpaired) electrons. The lowest BCUT2D eigenvalue weighted by atomic mass is 10.1. The molecule has 0 aromatic carbocycles. The van der Waals surface area contributed by atoms with Crippen LogP contribution in [-0.2, 0) is 23.9 Å². The highest BCUT2D eigenvalue weighted by atomic mass is 16.6. The van der Waals surface area contributed by atoms with Crippen molar-refractivity contribution in [2.45, 2.75) is 142 Å². The lowest BCUT2D eigenvalue weighted by Gasteiger charge is -2.12. The predicted octanol–water partition coefficient (Wildman–Crippen LogP) is 8.68. The van der Waals surface area contributed by atoms with Crippen molar-refractivity contribution >= 4 is 17.7 Å². The monoisotopic (exact) mass is 574 g/mol. The number of ether oxygens (including phenoxy) is 2. The van der Waals surface area contributed by atoms with Gasteiger partial charge in [0.1, 0.15) is 19.3 Å². The Bertz CT molecular complexity index is 765. The van der Waals surface area contributed by atoms with E-state index in [4.69, 9.17) is 9.47 Å². The van der Waals surface area contributed by atoms with Crippen molar-refractivity contribution in [3.05, 3.63) is 48.6 Å². The summed E-state index contributed by atoms with van der Waals surface area (Å²) in [6.45, 7) is 4.04. The maximum atomic E-state index is 11.9. The Morgan fingerprint density at radius 2 is 1.07 bits per heavy atom. The zero-order valence-electron chi connectivity index (χ0n) is 26.0. The van der Waals surface area contributed by atoms with Crippen molar-refractivity contribution < 1.29 is 29.0 Å². The number of rotatable bonds is 28. The smallest absolute Gasteiger partial charge is 0.305 e. The molecule has 0 aliphatic carbocycles. The standard InChI is InChI=1S/C35H58O6/c1-3-5-7-8-9-13-17-20-24-28-34(38)40-30-33(37)31-41-35(39)29-25-21-18-15-12-10-11-14-16-19-23-27-32(36)26-22-6-4-2/h10-11,15-16,18-19,23,27,33,37H,3-9,12-14,17,20-22,24-26,28-31H2,1-2H3/b11-10-,18-15-,19-16-,27-23+/t33-/m1/s1. The molecule has 1 atom stereocenters. The van der Waals surface area contributed by atoms with Crippen LogP contribution in [0.3, 0.4) is 0 Å². The molecule has 0 fully saturated rings. The van der Waals surface area contributed by atoms with Crippen LogP contribution in [0.15, 0.2) is 48.6 Å². The van der Waals surface area contributed by atoms with E-state index in [0.717, 1.165) is 57.8 Å². The SMILES string of the molecule is CCCCCCCCCCCC(=O)OC[C@@H](O)COC(=O)CCC/C=C\C/C=C\C/C=C\C=C\C(=O)CCCCC. The minimum atomic E-state index is -0.999. The fraction of sp³-hybridized carbons (Fsp3) is 0.686. The van der Waals surface area contributed by atoms with Gasteiger partial charge in [-0.15, -0.1) is 0 Å². The molecule has 0 aromatic heterocycles. The van der Waals surface area contributed by atoms with Crippen molar-refractivity contribution in [2.24, 2.45) is 0 Å². The van der Waals surface area contributed by atoms with Crippen LogP contribution in [0.4, 0.5) is 0 Å². The molecule has 0 saturated heterocycles. The third-order valence-electron chi connectivity index (χ3n) is 6.54. The van der Waals surface area contributed by atoms with Crippen LogP contribution in [0, 0.1) is 0 Å². The second-order valence-electron chi connectivity index (χ2n) is 10.6. The van der Waals surface area contributed by atoms with Gasteiger partial charge in [-0.3, -0.25) is 14.4 Å². The van der Waals surface area contributed by atoms with Gasteiger partial charge in [0.05, 0.1) is 0 Å². The predicted molar refractivity (Wildman–Crippen MR) is 169 cm³/mol. The minimum absolute atomic E-state index is 0.148. The van der Waals surface area contributed by atoms with Gasteiger partial charge in [0.15, 0.2) is 5.78 Å². The molecule has 234 valence electrons. The average molecular weight is 575 g/mol. The van der Waals surface area contributed by atoms with Crippen LogP contribution >= 0.6 is 0 Å². The zero-order valence-corrected chi connectivity index (χ0v) is 26.0. The number of allylic oxidation sites excluding steroid dienone is 8. The van der Waals surface area contributed by atoms with E-state index in [0.29, 0.717) is 19.3 Å². The minimum Gasteiger partial charge on any atom is -0.463 e. The number of aliphatic hydroxyl groups excluding tert-OH is 1. The summed E-state index contributed by atoms with van der Waals surface area (Å²) >= 11 is 0. The van der Waals surface area contributed by atoms with Crippen LogP contribution in [0.25, 0.3) is 0 Å². The molecule has 0 bridgehead atoms. The maximum Gasteiger partial charge on any atom is 0.305 e. The van der Waals surface area contributed by atoms with E-state index in [1.807, 2.05) is 24.3 Å².